The summed E-state index contributed by atoms with van der Waals surface area (Å²) >= 11 is 6.03. The molecule has 0 unspecified atom stereocenters. The van der Waals surface area contributed by atoms with E-state index in [2.05, 4.69) is 45.9 Å². The largest absolute Gasteiger partial charge is 0.315 e. The van der Waals surface area contributed by atoms with Crippen molar-refractivity contribution >= 4 is 22.5 Å². The Kier molecular flexibility index (Phi) is 3.83. The Morgan fingerprint density at radius 3 is 2.57 bits per heavy atom. The molecule has 1 fully saturated rings. The lowest BCUT2D eigenvalue weighted by atomic mass is 9.90. The first-order valence-corrected chi connectivity index (χ1v) is 8.49. The van der Waals surface area contributed by atoms with E-state index >= 15 is 0 Å². The molecule has 0 amide bonds. The molecule has 3 nitrogen and oxygen atoms in total. The van der Waals surface area contributed by atoms with Crippen LogP contribution in [0.25, 0.3) is 16.6 Å². The predicted molar refractivity (Wildman–Crippen MR) is 95.6 cm³/mol. The highest BCUT2D eigenvalue weighted by atomic mass is 35.5. The van der Waals surface area contributed by atoms with Gasteiger partial charge in [0.2, 0.25) is 0 Å². The molecule has 0 radical (unpaired) electrons. The van der Waals surface area contributed by atoms with Gasteiger partial charge in [0, 0.05) is 28.5 Å². The van der Waals surface area contributed by atoms with E-state index in [0.29, 0.717) is 5.92 Å². The Labute approximate surface area is 141 Å². The molecule has 4 heteroatoms. The number of hydrogen-bond acceptors (Lipinski definition) is 2. The molecule has 1 saturated heterocycles. The number of fused-ring (bicyclic) bond motifs is 1. The molecular weight excluding hydrogens is 306 g/mol. The molecule has 4 rings (SSSR count). The van der Waals surface area contributed by atoms with E-state index in [1.165, 1.54) is 42.4 Å². The van der Waals surface area contributed by atoms with Gasteiger partial charge in [0.15, 0.2) is 0 Å². The molecule has 0 aliphatic carbocycles. The molecular formula is C19H20ClN3. The summed E-state index contributed by atoms with van der Waals surface area (Å²) < 4.78 is 2.24. The predicted octanol–water partition coefficient (Wildman–Crippen LogP) is 4.49. The number of rotatable bonds is 2. The maximum atomic E-state index is 6.03. The third-order valence-corrected chi connectivity index (χ3v) is 5.15. The highest BCUT2D eigenvalue weighted by Crippen LogP contribution is 2.35. The lowest BCUT2D eigenvalue weighted by Gasteiger charge is -2.28. The van der Waals surface area contributed by atoms with Gasteiger partial charge in [0.25, 0.3) is 0 Å². The van der Waals surface area contributed by atoms with E-state index in [-0.39, 0.29) is 0 Å². The van der Waals surface area contributed by atoms with Crippen molar-refractivity contribution in [1.82, 2.24) is 14.5 Å². The first kappa shape index (κ1) is 14.7. The number of pyridine rings is 1. The molecule has 2 aromatic heterocycles. The molecule has 1 aliphatic rings. The van der Waals surface area contributed by atoms with E-state index in [4.69, 9.17) is 11.6 Å². The summed E-state index contributed by atoms with van der Waals surface area (Å²) in [6.45, 7) is 2.34. The molecule has 1 aromatic carbocycles. The monoisotopic (exact) mass is 325 g/mol. The summed E-state index contributed by atoms with van der Waals surface area (Å²) in [4.78, 5) is 6.75. The Morgan fingerprint density at radius 1 is 1.09 bits per heavy atom. The van der Waals surface area contributed by atoms with Gasteiger partial charge < -0.3 is 9.47 Å². The first-order chi connectivity index (χ1) is 11.2. The van der Waals surface area contributed by atoms with Gasteiger partial charge in [-0.1, -0.05) is 11.6 Å². The van der Waals surface area contributed by atoms with Crippen molar-refractivity contribution < 1.29 is 0 Å². The molecule has 118 valence electrons. The molecule has 3 heterocycles. The fourth-order valence-electron chi connectivity index (χ4n) is 3.56. The van der Waals surface area contributed by atoms with E-state index < -0.39 is 0 Å². The molecule has 0 bridgehead atoms. The average Bonchev–Trinajstić information content (AvgIpc) is 2.96. The van der Waals surface area contributed by atoms with E-state index in [1.807, 2.05) is 24.5 Å². The second-order valence-corrected chi connectivity index (χ2v) is 6.84. The number of aromatic nitrogens is 2. The van der Waals surface area contributed by atoms with Crippen LogP contribution in [0.1, 0.15) is 24.3 Å². The molecule has 23 heavy (non-hydrogen) atoms. The SMILES string of the molecule is CN1CCC(c2cn(-c3ccc(Cl)cc3)c3cnccc23)CC1. The van der Waals surface area contributed by atoms with Crippen LogP contribution < -0.4 is 0 Å². The number of halogens is 1. The van der Waals surface area contributed by atoms with Gasteiger partial charge in [-0.05, 0) is 74.8 Å². The van der Waals surface area contributed by atoms with Gasteiger partial charge in [-0.25, -0.2) is 0 Å². The van der Waals surface area contributed by atoms with E-state index in [9.17, 15) is 0 Å². The molecule has 3 aromatic rings. The Bertz CT molecular complexity index is 814. The van der Waals surface area contributed by atoms with Crippen LogP contribution in [0.3, 0.4) is 0 Å². The standard InChI is InChI=1S/C19H20ClN3/c1-22-10-7-14(8-11-22)18-13-23(16-4-2-15(20)3-5-16)19-12-21-9-6-17(18)19/h2-6,9,12-14H,7-8,10-11H2,1H3. The van der Waals surface area contributed by atoms with Crippen molar-refractivity contribution in [3.63, 3.8) is 0 Å². The number of nitrogens with zero attached hydrogens (tertiary/aromatic N) is 3. The zero-order valence-electron chi connectivity index (χ0n) is 13.2. The van der Waals surface area contributed by atoms with Crippen LogP contribution in [0.15, 0.2) is 48.9 Å². The maximum Gasteiger partial charge on any atom is 0.0715 e. The van der Waals surface area contributed by atoms with Crippen molar-refractivity contribution in [2.45, 2.75) is 18.8 Å². The topological polar surface area (TPSA) is 21.1 Å². The lowest BCUT2D eigenvalue weighted by Crippen LogP contribution is -2.29. The minimum Gasteiger partial charge on any atom is -0.315 e. The van der Waals surface area contributed by atoms with Gasteiger partial charge in [-0.3, -0.25) is 4.98 Å². The number of piperidine rings is 1. The summed E-state index contributed by atoms with van der Waals surface area (Å²) in [6, 6.07) is 10.2. The molecule has 0 atom stereocenters. The van der Waals surface area contributed by atoms with Crippen LogP contribution in [0.2, 0.25) is 5.02 Å². The minimum absolute atomic E-state index is 0.629. The zero-order chi connectivity index (χ0) is 15.8. The number of benzene rings is 1. The second-order valence-electron chi connectivity index (χ2n) is 6.40. The first-order valence-electron chi connectivity index (χ1n) is 8.12. The smallest absolute Gasteiger partial charge is 0.0715 e. The van der Waals surface area contributed by atoms with Crippen LogP contribution >= 0.6 is 11.6 Å². The molecule has 0 N–H and O–H groups in total. The summed E-state index contributed by atoms with van der Waals surface area (Å²) in [5, 5.41) is 2.09. The van der Waals surface area contributed by atoms with E-state index in [1.54, 1.807) is 0 Å². The Balaban J connectivity index is 1.81. The normalized spacial score (nSPS) is 17.0. The van der Waals surface area contributed by atoms with Crippen molar-refractivity contribution in [2.24, 2.45) is 0 Å². The van der Waals surface area contributed by atoms with Crippen LogP contribution in [0.5, 0.6) is 0 Å². The van der Waals surface area contributed by atoms with Crippen molar-refractivity contribution in [1.29, 1.82) is 0 Å². The van der Waals surface area contributed by atoms with Gasteiger partial charge in [-0.2, -0.15) is 0 Å². The third kappa shape index (κ3) is 2.75. The average molecular weight is 326 g/mol. The molecule has 0 saturated carbocycles. The van der Waals surface area contributed by atoms with Crippen LogP contribution in [-0.4, -0.2) is 34.6 Å². The van der Waals surface area contributed by atoms with Gasteiger partial charge >= 0.3 is 0 Å². The maximum absolute atomic E-state index is 6.03. The Hall–Kier alpha value is -1.84. The zero-order valence-corrected chi connectivity index (χ0v) is 14.0. The second kappa shape index (κ2) is 5.99. The van der Waals surface area contributed by atoms with Crippen molar-refractivity contribution in [2.75, 3.05) is 20.1 Å². The summed E-state index contributed by atoms with van der Waals surface area (Å²) in [6.07, 6.45) is 8.60. The molecule has 1 aliphatic heterocycles. The summed E-state index contributed by atoms with van der Waals surface area (Å²) in [7, 11) is 2.21. The highest BCUT2D eigenvalue weighted by Gasteiger charge is 2.22. The fourth-order valence-corrected chi connectivity index (χ4v) is 3.69. The number of hydrogen-bond donors (Lipinski definition) is 0. The van der Waals surface area contributed by atoms with Gasteiger partial charge in [0.1, 0.15) is 0 Å². The minimum atomic E-state index is 0.629. The van der Waals surface area contributed by atoms with Gasteiger partial charge in [-0.15, -0.1) is 0 Å². The fraction of sp³-hybridized carbons (Fsp3) is 0.316. The van der Waals surface area contributed by atoms with E-state index in [0.717, 1.165) is 10.7 Å². The quantitative estimate of drug-likeness (QED) is 0.692. The third-order valence-electron chi connectivity index (χ3n) is 4.90. The van der Waals surface area contributed by atoms with Crippen LogP contribution in [0.4, 0.5) is 0 Å². The van der Waals surface area contributed by atoms with Gasteiger partial charge in [0.05, 0.1) is 11.7 Å². The Morgan fingerprint density at radius 2 is 1.83 bits per heavy atom. The van der Waals surface area contributed by atoms with Crippen molar-refractivity contribution in [3.8, 4) is 5.69 Å². The highest BCUT2D eigenvalue weighted by molar-refractivity contribution is 6.30. The summed E-state index contributed by atoms with van der Waals surface area (Å²) in [5.41, 5.74) is 3.75. The lowest BCUT2D eigenvalue weighted by molar-refractivity contribution is 0.256. The number of likely N-dealkylation sites (tertiary alicyclic amines) is 1. The van der Waals surface area contributed by atoms with Crippen molar-refractivity contribution in [3.05, 3.63) is 59.5 Å². The molecule has 0 spiro atoms. The van der Waals surface area contributed by atoms with Crippen LogP contribution in [0, 0.1) is 0 Å². The summed E-state index contributed by atoms with van der Waals surface area (Å²) in [5.74, 6) is 0.629. The van der Waals surface area contributed by atoms with Crippen LogP contribution in [-0.2, 0) is 0 Å².